The van der Waals surface area contributed by atoms with Crippen LogP contribution in [-0.2, 0) is 21.1 Å². The van der Waals surface area contributed by atoms with Crippen LogP contribution in [0.4, 0.5) is 0 Å². The van der Waals surface area contributed by atoms with Crippen molar-refractivity contribution in [2.75, 3.05) is 0 Å². The Morgan fingerprint density at radius 2 is 0.667 bits per heavy atom. The standard InChI is InChI=1S/C10H16.Mo.H3N/c1-7-2-9-4-8(1)5-10(3-7)6-9;;/h7-10H,1-6H2;;1H3. The van der Waals surface area contributed by atoms with Crippen LogP contribution in [0.2, 0.25) is 0 Å². The molecule has 0 aromatic carbocycles. The first-order valence-electron chi connectivity index (χ1n) is 4.90. The average molecular weight is 249 g/mol. The van der Waals surface area contributed by atoms with Gasteiger partial charge in [-0.3, -0.25) is 0 Å². The van der Waals surface area contributed by atoms with Gasteiger partial charge in [-0.2, -0.15) is 0 Å². The molecule has 0 aromatic rings. The van der Waals surface area contributed by atoms with Crippen molar-refractivity contribution in [3.05, 3.63) is 0 Å². The van der Waals surface area contributed by atoms with Crippen LogP contribution in [0.3, 0.4) is 0 Å². The molecule has 4 saturated carbocycles. The predicted octanol–water partition coefficient (Wildman–Crippen LogP) is 2.99. The van der Waals surface area contributed by atoms with Gasteiger partial charge in [0.05, 0.1) is 0 Å². The van der Waals surface area contributed by atoms with Crippen molar-refractivity contribution in [1.29, 1.82) is 0 Å². The van der Waals surface area contributed by atoms with Crippen LogP contribution in [0.1, 0.15) is 38.5 Å². The Kier molecular flexibility index (Phi) is 3.40. The summed E-state index contributed by atoms with van der Waals surface area (Å²) in [5, 5.41) is 0. The van der Waals surface area contributed by atoms with Gasteiger partial charge in [0.25, 0.3) is 0 Å². The molecule has 4 bridgehead atoms. The van der Waals surface area contributed by atoms with Crippen molar-refractivity contribution in [2.24, 2.45) is 23.7 Å². The maximum Gasteiger partial charge on any atom is 0 e. The van der Waals surface area contributed by atoms with E-state index in [1.54, 1.807) is 38.5 Å². The fourth-order valence-corrected chi connectivity index (χ4v) is 3.98. The van der Waals surface area contributed by atoms with E-state index in [9.17, 15) is 0 Å². The zero-order valence-corrected chi connectivity index (χ0v) is 9.67. The van der Waals surface area contributed by atoms with Crippen LogP contribution in [0.5, 0.6) is 0 Å². The van der Waals surface area contributed by atoms with E-state index in [0.717, 1.165) is 0 Å². The predicted molar refractivity (Wildman–Crippen MR) is 46.7 cm³/mol. The molecule has 70 valence electrons. The van der Waals surface area contributed by atoms with Crippen LogP contribution in [-0.4, -0.2) is 0 Å². The van der Waals surface area contributed by atoms with Gasteiger partial charge in [0.2, 0.25) is 0 Å². The molecule has 0 aliphatic heterocycles. The third-order valence-corrected chi connectivity index (χ3v) is 4.00. The second-order valence-electron chi connectivity index (χ2n) is 4.88. The van der Waals surface area contributed by atoms with E-state index in [4.69, 9.17) is 0 Å². The fourth-order valence-electron chi connectivity index (χ4n) is 3.98. The molecule has 0 heterocycles. The van der Waals surface area contributed by atoms with Gasteiger partial charge in [0.15, 0.2) is 0 Å². The molecule has 2 heteroatoms. The van der Waals surface area contributed by atoms with E-state index in [1.807, 2.05) is 0 Å². The SMILES string of the molecule is C1C2CC3CC1CC(C2)C3.N.[Mo]. The number of hydrogen-bond donors (Lipinski definition) is 1. The summed E-state index contributed by atoms with van der Waals surface area (Å²) >= 11 is 0. The normalized spacial score (nSPS) is 48.0. The third kappa shape index (κ3) is 1.63. The van der Waals surface area contributed by atoms with Crippen molar-refractivity contribution < 1.29 is 21.1 Å². The van der Waals surface area contributed by atoms with E-state index in [2.05, 4.69) is 0 Å². The number of rotatable bonds is 0. The zero-order valence-electron chi connectivity index (χ0n) is 7.67. The molecular weight excluding hydrogens is 230 g/mol. The Hall–Kier alpha value is 0.648. The van der Waals surface area contributed by atoms with Gasteiger partial charge in [0, 0.05) is 21.1 Å². The Morgan fingerprint density at radius 3 is 0.833 bits per heavy atom. The van der Waals surface area contributed by atoms with E-state index < -0.39 is 0 Å². The quantitative estimate of drug-likeness (QED) is 0.658. The van der Waals surface area contributed by atoms with Gasteiger partial charge in [-0.1, -0.05) is 0 Å². The molecule has 4 rings (SSSR count). The van der Waals surface area contributed by atoms with Crippen molar-refractivity contribution in [1.82, 2.24) is 6.15 Å². The first-order valence-corrected chi connectivity index (χ1v) is 4.90. The molecule has 0 atom stereocenters. The van der Waals surface area contributed by atoms with Crippen molar-refractivity contribution in [3.8, 4) is 0 Å². The van der Waals surface area contributed by atoms with Crippen molar-refractivity contribution in [3.63, 3.8) is 0 Å². The molecule has 3 N–H and O–H groups in total. The first-order chi connectivity index (χ1) is 4.90. The van der Waals surface area contributed by atoms with Crippen LogP contribution in [0.15, 0.2) is 0 Å². The molecule has 1 nitrogen and oxygen atoms in total. The minimum Gasteiger partial charge on any atom is -0.344 e. The second-order valence-corrected chi connectivity index (χ2v) is 4.88. The topological polar surface area (TPSA) is 35.0 Å². The second kappa shape index (κ2) is 3.80. The first kappa shape index (κ1) is 10.7. The van der Waals surface area contributed by atoms with Gasteiger partial charge in [-0.25, -0.2) is 0 Å². The summed E-state index contributed by atoms with van der Waals surface area (Å²) in [6.45, 7) is 0. The summed E-state index contributed by atoms with van der Waals surface area (Å²) < 4.78 is 0. The molecule has 0 spiro atoms. The van der Waals surface area contributed by atoms with Gasteiger partial charge in [0.1, 0.15) is 0 Å². The van der Waals surface area contributed by atoms with Crippen LogP contribution < -0.4 is 6.15 Å². The molecule has 0 saturated heterocycles. The van der Waals surface area contributed by atoms with Crippen molar-refractivity contribution in [2.45, 2.75) is 38.5 Å². The van der Waals surface area contributed by atoms with Gasteiger partial charge >= 0.3 is 0 Å². The summed E-state index contributed by atoms with van der Waals surface area (Å²) in [5.74, 6) is 4.71. The van der Waals surface area contributed by atoms with Gasteiger partial charge in [-0.15, -0.1) is 0 Å². The molecule has 4 fully saturated rings. The largest absolute Gasteiger partial charge is 0.344 e. The van der Waals surface area contributed by atoms with Crippen LogP contribution in [0, 0.1) is 23.7 Å². The Bertz CT molecular complexity index is 101. The minimum atomic E-state index is 0. The maximum absolute atomic E-state index is 1.60. The molecule has 0 amide bonds. The molecular formula is C10H19MoN. The molecule has 0 aromatic heterocycles. The van der Waals surface area contributed by atoms with Gasteiger partial charge < -0.3 is 6.15 Å². The summed E-state index contributed by atoms with van der Waals surface area (Å²) in [4.78, 5) is 0. The third-order valence-electron chi connectivity index (χ3n) is 4.00. The summed E-state index contributed by atoms with van der Waals surface area (Å²) in [6.07, 6.45) is 9.62. The molecule has 4 aliphatic rings. The van der Waals surface area contributed by atoms with E-state index >= 15 is 0 Å². The Balaban J connectivity index is 0.000000360. The summed E-state index contributed by atoms with van der Waals surface area (Å²) in [7, 11) is 0. The summed E-state index contributed by atoms with van der Waals surface area (Å²) in [6, 6.07) is 0. The Labute approximate surface area is 89.5 Å². The van der Waals surface area contributed by atoms with E-state index in [0.29, 0.717) is 0 Å². The Morgan fingerprint density at radius 1 is 0.500 bits per heavy atom. The fraction of sp³-hybridized carbons (Fsp3) is 1.00. The van der Waals surface area contributed by atoms with Gasteiger partial charge in [-0.05, 0) is 62.2 Å². The van der Waals surface area contributed by atoms with Crippen LogP contribution in [0.25, 0.3) is 0 Å². The molecule has 0 radical (unpaired) electrons. The average Bonchev–Trinajstić information content (AvgIpc) is 1.82. The minimum absolute atomic E-state index is 0. The van der Waals surface area contributed by atoms with Crippen LogP contribution >= 0.6 is 0 Å². The monoisotopic (exact) mass is 251 g/mol. The maximum atomic E-state index is 1.60. The molecule has 4 aliphatic carbocycles. The molecule has 0 unspecified atom stereocenters. The smallest absolute Gasteiger partial charge is 0 e. The summed E-state index contributed by atoms with van der Waals surface area (Å²) in [5.41, 5.74) is 0. The van der Waals surface area contributed by atoms with E-state index in [-0.39, 0.29) is 27.2 Å². The zero-order chi connectivity index (χ0) is 6.55. The molecule has 12 heavy (non-hydrogen) atoms. The van der Waals surface area contributed by atoms with E-state index in [1.165, 1.54) is 23.7 Å². The number of hydrogen-bond acceptors (Lipinski definition) is 1. The van der Waals surface area contributed by atoms with Crippen molar-refractivity contribution >= 4 is 0 Å².